The molecule has 0 saturated carbocycles. The van der Waals surface area contributed by atoms with Crippen molar-refractivity contribution >= 4 is 0 Å². The van der Waals surface area contributed by atoms with Crippen molar-refractivity contribution in [2.24, 2.45) is 5.92 Å². The van der Waals surface area contributed by atoms with Gasteiger partial charge in [0.15, 0.2) is 11.5 Å². The minimum atomic E-state index is -1.55. The first kappa shape index (κ1) is 12.2. The molecule has 1 fully saturated rings. The number of alkyl halides is 1. The Morgan fingerprint density at radius 2 is 2.24 bits per heavy atom. The molecular formula is C12H17FN2O2. The Morgan fingerprint density at radius 1 is 1.53 bits per heavy atom. The van der Waals surface area contributed by atoms with Gasteiger partial charge in [0.05, 0.1) is 19.8 Å². The van der Waals surface area contributed by atoms with E-state index in [9.17, 15) is 4.39 Å². The molecule has 0 N–H and O–H groups in total. The summed E-state index contributed by atoms with van der Waals surface area (Å²) < 4.78 is 24.3. The molecule has 94 valence electrons. The lowest BCUT2D eigenvalue weighted by Crippen LogP contribution is -2.33. The lowest BCUT2D eigenvalue weighted by Gasteiger charge is -2.25. The number of hydrogen-bond donors (Lipinski definition) is 0. The predicted octanol–water partition coefficient (Wildman–Crippen LogP) is 2.01. The normalized spacial score (nSPS) is 16.7. The van der Waals surface area contributed by atoms with Crippen molar-refractivity contribution in [3.8, 4) is 5.88 Å². The van der Waals surface area contributed by atoms with Crippen LogP contribution in [0.3, 0.4) is 0 Å². The Labute approximate surface area is 100 Å². The summed E-state index contributed by atoms with van der Waals surface area (Å²) in [6.07, 6.45) is 1.59. The molecule has 5 heteroatoms. The van der Waals surface area contributed by atoms with E-state index in [2.05, 4.69) is 9.97 Å². The largest absolute Gasteiger partial charge is 0.477 e. The number of nitrogens with zero attached hydrogens (tertiary/aromatic N) is 2. The Morgan fingerprint density at radius 3 is 2.76 bits per heavy atom. The molecule has 0 unspecified atom stereocenters. The minimum absolute atomic E-state index is 0.156. The van der Waals surface area contributed by atoms with E-state index in [0.29, 0.717) is 18.4 Å². The van der Waals surface area contributed by atoms with Gasteiger partial charge in [-0.05, 0) is 20.8 Å². The molecule has 2 heterocycles. The van der Waals surface area contributed by atoms with E-state index in [-0.39, 0.29) is 5.82 Å². The average Bonchev–Trinajstić information content (AvgIpc) is 2.16. The molecule has 1 aliphatic heterocycles. The highest BCUT2D eigenvalue weighted by atomic mass is 19.1. The van der Waals surface area contributed by atoms with Crippen LogP contribution >= 0.6 is 0 Å². The Hall–Kier alpha value is -1.23. The van der Waals surface area contributed by atoms with E-state index >= 15 is 0 Å². The molecule has 0 atom stereocenters. The molecule has 2 rings (SSSR count). The monoisotopic (exact) mass is 240 g/mol. The van der Waals surface area contributed by atoms with Crippen LogP contribution in [0.25, 0.3) is 0 Å². The van der Waals surface area contributed by atoms with Crippen LogP contribution in [0.4, 0.5) is 4.39 Å². The minimum Gasteiger partial charge on any atom is -0.477 e. The Bertz CT molecular complexity index is 400. The van der Waals surface area contributed by atoms with Gasteiger partial charge in [0.1, 0.15) is 0 Å². The van der Waals surface area contributed by atoms with Gasteiger partial charge < -0.3 is 9.47 Å². The van der Waals surface area contributed by atoms with Crippen LogP contribution in [0.2, 0.25) is 0 Å². The molecular weight excluding hydrogens is 223 g/mol. The van der Waals surface area contributed by atoms with Crippen molar-refractivity contribution in [1.29, 1.82) is 0 Å². The first-order chi connectivity index (χ1) is 7.97. The first-order valence-electron chi connectivity index (χ1n) is 5.70. The predicted molar refractivity (Wildman–Crippen MR) is 60.7 cm³/mol. The van der Waals surface area contributed by atoms with Crippen molar-refractivity contribution in [3.63, 3.8) is 0 Å². The van der Waals surface area contributed by atoms with Crippen molar-refractivity contribution in [2.45, 2.75) is 26.4 Å². The fourth-order valence-electron chi connectivity index (χ4n) is 1.44. The van der Waals surface area contributed by atoms with Gasteiger partial charge in [-0.25, -0.2) is 9.37 Å². The van der Waals surface area contributed by atoms with Crippen molar-refractivity contribution in [2.75, 3.05) is 19.8 Å². The number of rotatable bonds is 4. The van der Waals surface area contributed by atoms with Gasteiger partial charge in [-0.3, -0.25) is 0 Å². The summed E-state index contributed by atoms with van der Waals surface area (Å²) in [7, 11) is 0. The smallest absolute Gasteiger partial charge is 0.219 e. The van der Waals surface area contributed by atoms with Gasteiger partial charge in [0, 0.05) is 17.7 Å². The lowest BCUT2D eigenvalue weighted by molar-refractivity contribution is -0.0516. The summed E-state index contributed by atoms with van der Waals surface area (Å²) in [5, 5.41) is 0. The number of halogens is 1. The molecule has 1 aromatic heterocycles. The van der Waals surface area contributed by atoms with E-state index in [1.165, 1.54) is 13.8 Å². The highest BCUT2D eigenvalue weighted by Crippen LogP contribution is 2.24. The zero-order chi connectivity index (χ0) is 12.5. The molecule has 1 aromatic rings. The number of aryl methyl sites for hydroxylation is 1. The maximum atomic E-state index is 13.7. The van der Waals surface area contributed by atoms with Gasteiger partial charge in [-0.15, -0.1) is 0 Å². The summed E-state index contributed by atoms with van der Waals surface area (Å²) in [5.41, 5.74) is -0.732. The van der Waals surface area contributed by atoms with E-state index in [1.807, 2.05) is 6.92 Å². The fraction of sp³-hybridized carbons (Fsp3) is 0.667. The number of ether oxygens (including phenoxy) is 2. The van der Waals surface area contributed by atoms with Crippen LogP contribution in [-0.2, 0) is 10.4 Å². The van der Waals surface area contributed by atoms with Crippen molar-refractivity contribution in [3.05, 3.63) is 17.6 Å². The number of aromatic nitrogens is 2. The van der Waals surface area contributed by atoms with Gasteiger partial charge >= 0.3 is 0 Å². The lowest BCUT2D eigenvalue weighted by atomic mass is 10.1. The molecule has 4 nitrogen and oxygen atoms in total. The summed E-state index contributed by atoms with van der Waals surface area (Å²) >= 11 is 0. The molecule has 1 aliphatic rings. The Balaban J connectivity index is 2.08. The average molecular weight is 240 g/mol. The van der Waals surface area contributed by atoms with Gasteiger partial charge in [-0.2, -0.15) is 4.98 Å². The summed E-state index contributed by atoms with van der Waals surface area (Å²) in [6, 6.07) is 0. The second kappa shape index (κ2) is 4.56. The maximum absolute atomic E-state index is 13.7. The second-order valence-electron chi connectivity index (χ2n) is 4.87. The van der Waals surface area contributed by atoms with E-state index in [4.69, 9.17) is 9.47 Å². The molecule has 17 heavy (non-hydrogen) atoms. The third-order valence-electron chi connectivity index (χ3n) is 2.62. The van der Waals surface area contributed by atoms with E-state index in [1.54, 1.807) is 6.20 Å². The quantitative estimate of drug-likeness (QED) is 0.807. The maximum Gasteiger partial charge on any atom is 0.219 e. The standard InChI is InChI=1S/C12H17FN2O2/c1-8-4-14-11(12(2,3)13)15-10(8)17-7-9-5-16-6-9/h4,9H,5-7H2,1-3H3. The number of hydrogen-bond acceptors (Lipinski definition) is 4. The summed E-state index contributed by atoms with van der Waals surface area (Å²) in [4.78, 5) is 8.11. The third kappa shape index (κ3) is 2.91. The summed E-state index contributed by atoms with van der Waals surface area (Å²) in [5.74, 6) is 1.04. The molecule has 0 aliphatic carbocycles. The Kier molecular flexibility index (Phi) is 3.28. The van der Waals surface area contributed by atoms with Crippen molar-refractivity contribution < 1.29 is 13.9 Å². The molecule has 1 saturated heterocycles. The zero-order valence-corrected chi connectivity index (χ0v) is 10.4. The molecule has 0 radical (unpaired) electrons. The second-order valence-corrected chi connectivity index (χ2v) is 4.87. The van der Waals surface area contributed by atoms with Crippen LogP contribution in [0.1, 0.15) is 25.2 Å². The van der Waals surface area contributed by atoms with Crippen LogP contribution in [-0.4, -0.2) is 29.8 Å². The summed E-state index contributed by atoms with van der Waals surface area (Å²) in [6.45, 7) is 6.73. The van der Waals surface area contributed by atoms with Gasteiger partial charge in [0.2, 0.25) is 5.88 Å². The third-order valence-corrected chi connectivity index (χ3v) is 2.62. The zero-order valence-electron chi connectivity index (χ0n) is 10.4. The van der Waals surface area contributed by atoms with Crippen molar-refractivity contribution in [1.82, 2.24) is 9.97 Å². The van der Waals surface area contributed by atoms with Gasteiger partial charge in [0.25, 0.3) is 0 Å². The van der Waals surface area contributed by atoms with Gasteiger partial charge in [-0.1, -0.05) is 0 Å². The van der Waals surface area contributed by atoms with Crippen LogP contribution in [0, 0.1) is 12.8 Å². The topological polar surface area (TPSA) is 44.2 Å². The first-order valence-corrected chi connectivity index (χ1v) is 5.70. The van der Waals surface area contributed by atoms with Crippen LogP contribution in [0.5, 0.6) is 5.88 Å². The van der Waals surface area contributed by atoms with E-state index < -0.39 is 5.67 Å². The SMILES string of the molecule is Cc1cnc(C(C)(C)F)nc1OCC1COC1. The van der Waals surface area contributed by atoms with Crippen LogP contribution < -0.4 is 4.74 Å². The molecule has 0 spiro atoms. The van der Waals surface area contributed by atoms with Crippen LogP contribution in [0.15, 0.2) is 6.20 Å². The van der Waals surface area contributed by atoms with E-state index in [0.717, 1.165) is 18.8 Å². The highest BCUT2D eigenvalue weighted by molar-refractivity contribution is 5.23. The molecule has 0 aromatic carbocycles. The highest BCUT2D eigenvalue weighted by Gasteiger charge is 2.24. The molecule has 0 bridgehead atoms. The molecule has 0 amide bonds. The fourth-order valence-corrected chi connectivity index (χ4v) is 1.44.